The minimum absolute atomic E-state index is 1.04. The highest BCUT2D eigenvalue weighted by Gasteiger charge is 2.26. The minimum Gasteiger partial charge on any atom is -0.0616 e. The van der Waals surface area contributed by atoms with Crippen molar-refractivity contribution in [3.8, 4) is 22.3 Å². The van der Waals surface area contributed by atoms with E-state index in [1.807, 2.05) is 0 Å². The molecule has 0 N–H and O–H groups in total. The molecule has 0 saturated heterocycles. The average Bonchev–Trinajstić information content (AvgIpc) is 3.27. The van der Waals surface area contributed by atoms with E-state index in [1.165, 1.54) is 66.1 Å². The zero-order chi connectivity index (χ0) is 18.2. The highest BCUT2D eigenvalue weighted by atomic mass is 14.3. The van der Waals surface area contributed by atoms with Crippen molar-refractivity contribution in [2.75, 3.05) is 0 Å². The molecule has 7 rings (SSSR count). The normalized spacial score (nSPS) is 13.4. The van der Waals surface area contributed by atoms with Crippen molar-refractivity contribution in [2.45, 2.75) is 12.8 Å². The molecular weight excluding hydrogens is 336 g/mol. The van der Waals surface area contributed by atoms with Crippen molar-refractivity contribution in [1.82, 2.24) is 0 Å². The van der Waals surface area contributed by atoms with Crippen LogP contribution in [-0.2, 0) is 12.8 Å². The van der Waals surface area contributed by atoms with E-state index in [4.69, 9.17) is 0 Å². The van der Waals surface area contributed by atoms with Gasteiger partial charge in [0.05, 0.1) is 0 Å². The largest absolute Gasteiger partial charge is 0.0616 e. The molecule has 0 aromatic heterocycles. The zero-order valence-electron chi connectivity index (χ0n) is 15.5. The van der Waals surface area contributed by atoms with Gasteiger partial charge in [0.1, 0.15) is 0 Å². The lowest BCUT2D eigenvalue weighted by atomic mass is 9.97. The fourth-order valence-corrected chi connectivity index (χ4v) is 5.34. The molecule has 0 saturated carbocycles. The molecule has 0 bridgehead atoms. The maximum absolute atomic E-state index is 2.47. The fraction of sp³-hybridized carbons (Fsp3) is 0.0714. The second kappa shape index (κ2) is 5.11. The van der Waals surface area contributed by atoms with E-state index in [0.717, 1.165) is 12.8 Å². The van der Waals surface area contributed by atoms with Gasteiger partial charge in [-0.15, -0.1) is 0 Å². The molecule has 0 nitrogen and oxygen atoms in total. The summed E-state index contributed by atoms with van der Waals surface area (Å²) in [4.78, 5) is 0. The Morgan fingerprint density at radius 2 is 1.04 bits per heavy atom. The Bertz CT molecular complexity index is 1450. The Kier molecular flexibility index (Phi) is 2.67. The van der Waals surface area contributed by atoms with Crippen LogP contribution < -0.4 is 0 Å². The van der Waals surface area contributed by atoms with Crippen molar-refractivity contribution >= 4 is 21.5 Å². The van der Waals surface area contributed by atoms with Gasteiger partial charge in [0, 0.05) is 0 Å². The standard InChI is InChI=1S/C28H18/c1-2-7-19-13-26-20(11-18(19)6-1)12-21-14-25-22(15-27(21)26)16-28-23-8-4-3-5-17(23)9-10-24(25)28/h1-11,13-15H,12,16H2. The molecule has 0 heterocycles. The van der Waals surface area contributed by atoms with Gasteiger partial charge in [-0.25, -0.2) is 0 Å². The first-order valence-electron chi connectivity index (χ1n) is 10.0. The van der Waals surface area contributed by atoms with E-state index in [1.54, 1.807) is 0 Å². The van der Waals surface area contributed by atoms with Crippen LogP contribution in [0, 0.1) is 0 Å². The van der Waals surface area contributed by atoms with E-state index in [-0.39, 0.29) is 0 Å². The Hall–Kier alpha value is -3.38. The number of fused-ring (bicyclic) bond motifs is 9. The van der Waals surface area contributed by atoms with Crippen LogP contribution in [0.15, 0.2) is 84.9 Å². The van der Waals surface area contributed by atoms with Crippen LogP contribution in [0.2, 0.25) is 0 Å². The monoisotopic (exact) mass is 354 g/mol. The highest BCUT2D eigenvalue weighted by molar-refractivity contribution is 5.97. The van der Waals surface area contributed by atoms with Gasteiger partial charge in [0.15, 0.2) is 0 Å². The van der Waals surface area contributed by atoms with E-state index in [2.05, 4.69) is 84.9 Å². The van der Waals surface area contributed by atoms with Crippen molar-refractivity contribution < 1.29 is 0 Å². The van der Waals surface area contributed by atoms with Gasteiger partial charge < -0.3 is 0 Å². The molecule has 0 unspecified atom stereocenters. The van der Waals surface area contributed by atoms with Crippen molar-refractivity contribution in [3.63, 3.8) is 0 Å². The third-order valence-corrected chi connectivity index (χ3v) is 6.67. The van der Waals surface area contributed by atoms with Gasteiger partial charge in [-0.2, -0.15) is 0 Å². The average molecular weight is 354 g/mol. The topological polar surface area (TPSA) is 0 Å². The van der Waals surface area contributed by atoms with Crippen LogP contribution in [0.4, 0.5) is 0 Å². The summed E-state index contributed by atoms with van der Waals surface area (Å²) in [6.45, 7) is 0. The molecule has 2 aliphatic rings. The van der Waals surface area contributed by atoms with Gasteiger partial charge in [0.25, 0.3) is 0 Å². The molecule has 0 spiro atoms. The predicted octanol–water partition coefficient (Wildman–Crippen LogP) is 7.14. The third-order valence-electron chi connectivity index (χ3n) is 6.67. The van der Waals surface area contributed by atoms with E-state index < -0.39 is 0 Å². The Balaban J connectivity index is 1.44. The van der Waals surface area contributed by atoms with Gasteiger partial charge in [-0.3, -0.25) is 0 Å². The quantitative estimate of drug-likeness (QED) is 0.272. The van der Waals surface area contributed by atoms with Crippen LogP contribution in [0.5, 0.6) is 0 Å². The van der Waals surface area contributed by atoms with Crippen molar-refractivity contribution in [2.24, 2.45) is 0 Å². The molecule has 0 amide bonds. The summed E-state index contributed by atoms with van der Waals surface area (Å²) in [5, 5.41) is 5.43. The number of hydrogen-bond acceptors (Lipinski definition) is 0. The molecule has 0 fully saturated rings. The summed E-state index contributed by atoms with van der Waals surface area (Å²) in [7, 11) is 0. The molecule has 0 heteroatoms. The second-order valence-corrected chi connectivity index (χ2v) is 8.19. The first-order valence-corrected chi connectivity index (χ1v) is 10.0. The van der Waals surface area contributed by atoms with Crippen LogP contribution in [0.3, 0.4) is 0 Å². The second-order valence-electron chi connectivity index (χ2n) is 8.19. The predicted molar refractivity (Wildman–Crippen MR) is 118 cm³/mol. The molecule has 0 aliphatic heterocycles. The fourth-order valence-electron chi connectivity index (χ4n) is 5.34. The number of hydrogen-bond donors (Lipinski definition) is 0. The van der Waals surface area contributed by atoms with Gasteiger partial charge in [0.2, 0.25) is 0 Å². The Labute approximate surface area is 164 Å². The molecular formula is C28H18. The van der Waals surface area contributed by atoms with Crippen LogP contribution in [-0.4, -0.2) is 0 Å². The SMILES string of the molecule is c1ccc2cc3c(cc2c1)Cc1cc2c(cc1-3)Cc1c-2ccc2ccccc12. The smallest absolute Gasteiger partial charge is 0.000706 e. The summed E-state index contributed by atoms with van der Waals surface area (Å²) in [6.07, 6.45) is 2.09. The Morgan fingerprint density at radius 1 is 0.429 bits per heavy atom. The maximum atomic E-state index is 2.47. The summed E-state index contributed by atoms with van der Waals surface area (Å²) in [5.74, 6) is 0. The van der Waals surface area contributed by atoms with Crippen molar-refractivity contribution in [3.05, 3.63) is 107 Å². The highest BCUT2D eigenvalue weighted by Crippen LogP contribution is 2.46. The molecule has 28 heavy (non-hydrogen) atoms. The number of benzene rings is 5. The van der Waals surface area contributed by atoms with Crippen LogP contribution in [0.25, 0.3) is 43.8 Å². The summed E-state index contributed by atoms with van der Waals surface area (Å²) in [6, 6.07) is 31.8. The molecule has 2 aliphatic carbocycles. The first kappa shape index (κ1) is 14.6. The maximum Gasteiger partial charge on any atom is -0.000706 e. The summed E-state index contributed by atoms with van der Waals surface area (Å²) in [5.41, 5.74) is 11.7. The first-order chi connectivity index (χ1) is 13.8. The molecule has 5 aromatic rings. The van der Waals surface area contributed by atoms with E-state index in [9.17, 15) is 0 Å². The molecule has 0 atom stereocenters. The van der Waals surface area contributed by atoms with E-state index in [0.29, 0.717) is 0 Å². The third kappa shape index (κ3) is 1.85. The lowest BCUT2D eigenvalue weighted by molar-refractivity contribution is 1.25. The zero-order valence-corrected chi connectivity index (χ0v) is 15.5. The summed E-state index contributed by atoms with van der Waals surface area (Å²) < 4.78 is 0. The summed E-state index contributed by atoms with van der Waals surface area (Å²) >= 11 is 0. The number of rotatable bonds is 0. The minimum atomic E-state index is 1.04. The Morgan fingerprint density at radius 3 is 1.89 bits per heavy atom. The lowest BCUT2D eigenvalue weighted by Gasteiger charge is -2.07. The molecule has 5 aromatic carbocycles. The molecule has 130 valence electrons. The van der Waals surface area contributed by atoms with Crippen LogP contribution >= 0.6 is 0 Å². The van der Waals surface area contributed by atoms with Crippen LogP contribution in [0.1, 0.15) is 22.3 Å². The van der Waals surface area contributed by atoms with Gasteiger partial charge in [-0.1, -0.05) is 66.7 Å². The molecule has 0 radical (unpaired) electrons. The lowest BCUT2D eigenvalue weighted by Crippen LogP contribution is -1.86. The van der Waals surface area contributed by atoms with Gasteiger partial charge >= 0.3 is 0 Å². The van der Waals surface area contributed by atoms with Gasteiger partial charge in [-0.05, 0) is 97.1 Å². The van der Waals surface area contributed by atoms with Crippen molar-refractivity contribution in [1.29, 1.82) is 0 Å². The van der Waals surface area contributed by atoms with E-state index >= 15 is 0 Å².